The average Bonchev–Trinajstić information content (AvgIpc) is 3.35. The summed E-state index contributed by atoms with van der Waals surface area (Å²) in [5.41, 5.74) is 0.356. The number of likely N-dealkylation sites (tertiary alicyclic amines) is 1. The molecule has 0 unspecified atom stereocenters. The molecule has 0 atom stereocenters. The van der Waals surface area contributed by atoms with E-state index in [0.717, 1.165) is 11.3 Å². The fourth-order valence-corrected chi connectivity index (χ4v) is 6.38. The Morgan fingerprint density at radius 2 is 1.88 bits per heavy atom. The molecule has 222 valence electrons. The second kappa shape index (κ2) is 12.0. The molecule has 1 aliphatic carbocycles. The number of nitrogens with zero attached hydrogens (tertiary/aromatic N) is 3. The van der Waals surface area contributed by atoms with E-state index >= 15 is 0 Å². The molecule has 41 heavy (non-hydrogen) atoms. The van der Waals surface area contributed by atoms with Gasteiger partial charge >= 0.3 is 6.18 Å². The zero-order chi connectivity index (χ0) is 30.0. The Labute approximate surface area is 240 Å². The number of piperidine rings is 1. The van der Waals surface area contributed by atoms with Crippen molar-refractivity contribution in [1.82, 2.24) is 19.8 Å². The molecule has 5 rings (SSSR count). The molecule has 1 spiro atoms. The van der Waals surface area contributed by atoms with Crippen molar-refractivity contribution in [3.8, 4) is 0 Å². The zero-order valence-corrected chi connectivity index (χ0v) is 24.2. The number of imidazole rings is 1. The third kappa shape index (κ3) is 6.21. The Bertz CT molecular complexity index is 1350. The van der Waals surface area contributed by atoms with Crippen LogP contribution in [-0.4, -0.2) is 50.7 Å². The lowest BCUT2D eigenvalue weighted by Gasteiger charge is -2.43. The van der Waals surface area contributed by atoms with Crippen LogP contribution in [0.5, 0.6) is 0 Å². The summed E-state index contributed by atoms with van der Waals surface area (Å²) in [5.74, 6) is -0.00972. The van der Waals surface area contributed by atoms with Crippen LogP contribution >= 0.6 is 0 Å². The smallest absolute Gasteiger partial charge is 0.390 e. The van der Waals surface area contributed by atoms with Gasteiger partial charge in [0.25, 0.3) is 0 Å². The lowest BCUT2D eigenvalue weighted by atomic mass is 9.70. The first-order valence-corrected chi connectivity index (χ1v) is 14.4. The van der Waals surface area contributed by atoms with Crippen molar-refractivity contribution >= 4 is 16.9 Å². The molecular weight excluding hydrogens is 529 g/mol. The highest BCUT2D eigenvalue weighted by Crippen LogP contribution is 2.46. The van der Waals surface area contributed by atoms with Crippen molar-refractivity contribution in [3.05, 3.63) is 78.3 Å². The number of fused-ring (bicyclic) bond motifs is 1. The van der Waals surface area contributed by atoms with Gasteiger partial charge in [-0.05, 0) is 81.8 Å². The molecule has 6 nitrogen and oxygen atoms in total. The highest BCUT2D eigenvalue weighted by atomic mass is 19.4. The Kier molecular flexibility index (Phi) is 8.99. The van der Waals surface area contributed by atoms with Crippen LogP contribution in [0, 0.1) is 5.41 Å². The minimum atomic E-state index is -4.53. The monoisotopic (exact) mass is 570 g/mol. The number of alkyl halides is 3. The van der Waals surface area contributed by atoms with Gasteiger partial charge in [-0.25, -0.2) is 4.98 Å². The van der Waals surface area contributed by atoms with Crippen LogP contribution in [0.1, 0.15) is 70.0 Å². The Balaban J connectivity index is 0.00000189. The summed E-state index contributed by atoms with van der Waals surface area (Å²) >= 11 is 0. The fraction of sp³-hybridized carbons (Fsp3) is 0.500. The van der Waals surface area contributed by atoms with Gasteiger partial charge in [0, 0.05) is 18.3 Å². The van der Waals surface area contributed by atoms with E-state index in [1.807, 2.05) is 19.9 Å². The number of hydrogen-bond donors (Lipinski definition) is 2. The van der Waals surface area contributed by atoms with Crippen LogP contribution in [0.15, 0.2) is 67.2 Å². The van der Waals surface area contributed by atoms with E-state index in [2.05, 4.69) is 28.4 Å². The molecule has 0 radical (unpaired) electrons. The van der Waals surface area contributed by atoms with E-state index in [0.29, 0.717) is 57.3 Å². The molecule has 1 saturated carbocycles. The summed E-state index contributed by atoms with van der Waals surface area (Å²) in [4.78, 5) is 19.5. The van der Waals surface area contributed by atoms with E-state index in [4.69, 9.17) is 0 Å². The van der Waals surface area contributed by atoms with Gasteiger partial charge in [0.15, 0.2) is 0 Å². The summed E-state index contributed by atoms with van der Waals surface area (Å²) in [7, 11) is 0. The van der Waals surface area contributed by atoms with Crippen molar-refractivity contribution in [3.63, 3.8) is 0 Å². The largest absolute Gasteiger partial charge is 0.418 e. The molecule has 1 saturated heterocycles. The van der Waals surface area contributed by atoms with Crippen molar-refractivity contribution < 1.29 is 23.1 Å². The van der Waals surface area contributed by atoms with Crippen LogP contribution in [0.25, 0.3) is 11.0 Å². The minimum Gasteiger partial charge on any atom is -0.390 e. The Hall–Kier alpha value is -3.17. The maximum atomic E-state index is 14.4. The second-order valence-corrected chi connectivity index (χ2v) is 11.4. The lowest BCUT2D eigenvalue weighted by molar-refractivity contribution is -0.137. The van der Waals surface area contributed by atoms with Crippen molar-refractivity contribution in [1.29, 1.82) is 0 Å². The molecule has 2 aromatic rings. The van der Waals surface area contributed by atoms with Crippen molar-refractivity contribution in [2.24, 2.45) is 5.41 Å². The van der Waals surface area contributed by atoms with Crippen LogP contribution in [-0.2, 0) is 17.4 Å². The number of benzene rings is 1. The highest BCUT2D eigenvalue weighted by molar-refractivity contribution is 5.87. The number of carbonyl (C=O) groups is 1. The molecule has 2 N–H and O–H groups in total. The van der Waals surface area contributed by atoms with Crippen LogP contribution in [0.2, 0.25) is 0 Å². The van der Waals surface area contributed by atoms with Crippen molar-refractivity contribution in [2.45, 2.75) is 77.1 Å². The zero-order valence-electron chi connectivity index (χ0n) is 24.2. The number of nitrogens with one attached hydrogen (secondary N) is 1. The van der Waals surface area contributed by atoms with Gasteiger partial charge < -0.3 is 19.9 Å². The number of hydrogen-bond acceptors (Lipinski definition) is 4. The normalized spacial score (nSPS) is 24.7. The first kappa shape index (κ1) is 30.8. The number of rotatable bonds is 7. The summed E-state index contributed by atoms with van der Waals surface area (Å²) in [6, 6.07) is 2.99. The molecule has 9 heteroatoms. The maximum Gasteiger partial charge on any atom is 0.418 e. The minimum absolute atomic E-state index is 0.00972. The van der Waals surface area contributed by atoms with Gasteiger partial charge in [-0.15, -0.1) is 0 Å². The number of halogens is 3. The van der Waals surface area contributed by atoms with Gasteiger partial charge in [-0.1, -0.05) is 51.3 Å². The molecule has 0 bridgehead atoms. The number of aliphatic hydroxyl groups is 1. The molecule has 2 fully saturated rings. The number of allylic oxidation sites excluding steroid dienone is 5. The molecule has 1 aromatic carbocycles. The Morgan fingerprint density at radius 3 is 2.46 bits per heavy atom. The quantitative estimate of drug-likeness (QED) is 0.373. The summed E-state index contributed by atoms with van der Waals surface area (Å²) in [5, 5.41) is 13.2. The summed E-state index contributed by atoms with van der Waals surface area (Å²) < 4.78 is 44.9. The SMILES string of the molecule is C=C/C=C\C1=C(C=C)CC2(CCN(CCc3ccc4ncn(C5CC(C)(O)C5)c4c3C(F)(F)F)CC2)C(=O)N1.CC. The van der Waals surface area contributed by atoms with E-state index < -0.39 is 22.8 Å². The molecule has 1 amide bonds. The predicted octanol–water partition coefficient (Wildman–Crippen LogP) is 6.49. The number of amides is 1. The van der Waals surface area contributed by atoms with Crippen LogP contribution in [0.4, 0.5) is 13.2 Å². The summed E-state index contributed by atoms with van der Waals surface area (Å²) in [6.07, 6.45) is 6.86. The second-order valence-electron chi connectivity index (χ2n) is 11.4. The van der Waals surface area contributed by atoms with Crippen LogP contribution < -0.4 is 5.32 Å². The number of carbonyl (C=O) groups excluding carboxylic acids is 1. The first-order chi connectivity index (χ1) is 19.5. The van der Waals surface area contributed by atoms with Crippen LogP contribution in [0.3, 0.4) is 0 Å². The first-order valence-electron chi connectivity index (χ1n) is 14.4. The van der Waals surface area contributed by atoms with Gasteiger partial charge in [-0.2, -0.15) is 13.2 Å². The number of aromatic nitrogens is 2. The summed E-state index contributed by atoms with van der Waals surface area (Å²) in [6.45, 7) is 15.0. The third-order valence-corrected chi connectivity index (χ3v) is 8.61. The topological polar surface area (TPSA) is 70.4 Å². The van der Waals surface area contributed by atoms with Crippen molar-refractivity contribution in [2.75, 3.05) is 19.6 Å². The average molecular weight is 571 g/mol. The van der Waals surface area contributed by atoms with Gasteiger partial charge in [0.05, 0.1) is 33.9 Å². The lowest BCUT2D eigenvalue weighted by Crippen LogP contribution is -2.51. The van der Waals surface area contributed by atoms with Gasteiger partial charge in [0.2, 0.25) is 5.91 Å². The van der Waals surface area contributed by atoms with E-state index in [9.17, 15) is 23.1 Å². The standard InChI is InChI=1S/C30H35F3N4O2.C2H6/c1-4-6-7-23-20(5-2)16-29(27(38)35-23)11-14-36(15-12-29)13-10-21-8-9-24-26(25(21)30(31,32)33)37(19-34-24)22-17-28(3,39)18-22;1-2/h4-9,19,22,39H,1-2,10-18H2,3H3,(H,35,38);1-2H3/b7-6-;. The third-order valence-electron chi connectivity index (χ3n) is 8.61. The molecule has 3 aliphatic rings. The molecule has 3 heterocycles. The van der Waals surface area contributed by atoms with E-state index in [-0.39, 0.29) is 29.4 Å². The molecule has 2 aliphatic heterocycles. The predicted molar refractivity (Wildman–Crippen MR) is 156 cm³/mol. The molecular formula is C32H41F3N4O2. The highest BCUT2D eigenvalue weighted by Gasteiger charge is 2.45. The molecule has 1 aromatic heterocycles. The van der Waals surface area contributed by atoms with Gasteiger partial charge in [0.1, 0.15) is 0 Å². The van der Waals surface area contributed by atoms with Gasteiger partial charge in [-0.3, -0.25) is 4.79 Å². The fourth-order valence-electron chi connectivity index (χ4n) is 6.38. The van der Waals surface area contributed by atoms with E-state index in [1.165, 1.54) is 6.33 Å². The Morgan fingerprint density at radius 1 is 1.20 bits per heavy atom. The van der Waals surface area contributed by atoms with E-state index in [1.54, 1.807) is 41.9 Å². The maximum absolute atomic E-state index is 14.4.